The van der Waals surface area contributed by atoms with Crippen LogP contribution in [0.25, 0.3) is 0 Å². The number of rotatable bonds is 3. The molecule has 19 heavy (non-hydrogen) atoms. The van der Waals surface area contributed by atoms with Gasteiger partial charge in [-0.25, -0.2) is 0 Å². The van der Waals surface area contributed by atoms with Gasteiger partial charge in [0.25, 0.3) is 0 Å². The lowest BCUT2D eigenvalue weighted by molar-refractivity contribution is -0.143. The Morgan fingerprint density at radius 1 is 0.947 bits per heavy atom. The van der Waals surface area contributed by atoms with Crippen LogP contribution in [0.5, 0.6) is 0 Å². The van der Waals surface area contributed by atoms with Gasteiger partial charge in [-0.1, -0.05) is 6.92 Å². The van der Waals surface area contributed by atoms with Crippen molar-refractivity contribution in [2.24, 2.45) is 0 Å². The van der Waals surface area contributed by atoms with Crippen molar-refractivity contribution in [1.82, 2.24) is 0 Å². The van der Waals surface area contributed by atoms with Crippen molar-refractivity contribution in [2.45, 2.75) is 32.1 Å². The molecule has 1 rings (SSSR count). The van der Waals surface area contributed by atoms with Crippen molar-refractivity contribution in [2.75, 3.05) is 0 Å². The van der Waals surface area contributed by atoms with Crippen molar-refractivity contribution < 1.29 is 31.1 Å². The van der Waals surface area contributed by atoms with Gasteiger partial charge >= 0.3 is 12.4 Å². The molecule has 0 aliphatic carbocycles. The monoisotopic (exact) mass is 284 g/mol. The molecule has 106 valence electrons. The van der Waals surface area contributed by atoms with Crippen molar-refractivity contribution in [3.05, 3.63) is 34.9 Å². The van der Waals surface area contributed by atoms with Gasteiger partial charge in [-0.2, -0.15) is 26.3 Å². The summed E-state index contributed by atoms with van der Waals surface area (Å²) in [5, 5.41) is 0. The minimum atomic E-state index is -4.88. The van der Waals surface area contributed by atoms with Gasteiger partial charge < -0.3 is 0 Å². The zero-order valence-corrected chi connectivity index (χ0v) is 9.82. The summed E-state index contributed by atoms with van der Waals surface area (Å²) in [6.45, 7) is 1.49. The number of Topliss-reactive ketones (excluding diaryl/α,β-unsaturated/α-hetero) is 1. The van der Waals surface area contributed by atoms with E-state index in [1.807, 2.05) is 0 Å². The minimum absolute atomic E-state index is 0.0416. The van der Waals surface area contributed by atoms with E-state index in [1.165, 1.54) is 6.92 Å². The summed E-state index contributed by atoms with van der Waals surface area (Å²) in [5.74, 6) is -0.424. The molecular weight excluding hydrogens is 274 g/mol. The first-order valence-corrected chi connectivity index (χ1v) is 5.34. The smallest absolute Gasteiger partial charge is 0.299 e. The molecule has 0 fully saturated rings. The first kappa shape index (κ1) is 15.5. The lowest BCUT2D eigenvalue weighted by Crippen LogP contribution is -2.13. The number of carbonyl (C=O) groups excluding carboxylic acids is 1. The largest absolute Gasteiger partial charge is 0.416 e. The molecule has 1 aromatic rings. The van der Waals surface area contributed by atoms with Crippen LogP contribution in [0.4, 0.5) is 26.3 Å². The molecular formula is C12H10F6O. The summed E-state index contributed by atoms with van der Waals surface area (Å²) in [6, 6.07) is 1.19. The maximum Gasteiger partial charge on any atom is 0.416 e. The summed E-state index contributed by atoms with van der Waals surface area (Å²) in [4.78, 5) is 11.1. The maximum atomic E-state index is 12.5. The zero-order chi connectivity index (χ0) is 14.8. The molecule has 1 aromatic carbocycles. The molecule has 0 N–H and O–H groups in total. The lowest BCUT2D eigenvalue weighted by Gasteiger charge is -2.13. The predicted octanol–water partition coefficient (Wildman–Crippen LogP) is 4.25. The Hall–Kier alpha value is -1.53. The lowest BCUT2D eigenvalue weighted by atomic mass is 10.0. The van der Waals surface area contributed by atoms with E-state index in [1.54, 1.807) is 0 Å². The fourth-order valence-electron chi connectivity index (χ4n) is 1.47. The summed E-state index contributed by atoms with van der Waals surface area (Å²) in [5.41, 5.74) is -3.09. The Morgan fingerprint density at radius 2 is 1.37 bits per heavy atom. The molecule has 0 radical (unpaired) electrons. The topological polar surface area (TPSA) is 17.1 Å². The van der Waals surface area contributed by atoms with Gasteiger partial charge in [0.15, 0.2) is 0 Å². The molecule has 0 bridgehead atoms. The zero-order valence-electron chi connectivity index (χ0n) is 9.82. The number of ketones is 1. The maximum absolute atomic E-state index is 12.5. The van der Waals surface area contributed by atoms with E-state index in [9.17, 15) is 31.1 Å². The second-order valence-electron chi connectivity index (χ2n) is 3.98. The van der Waals surface area contributed by atoms with Crippen LogP contribution in [0.3, 0.4) is 0 Å². The molecule has 7 heteroatoms. The summed E-state index contributed by atoms with van der Waals surface area (Å²) in [7, 11) is 0. The molecule has 0 aliphatic heterocycles. The highest BCUT2D eigenvalue weighted by Gasteiger charge is 2.36. The van der Waals surface area contributed by atoms with E-state index in [0.29, 0.717) is 12.1 Å². The SMILES string of the molecule is CCC(=O)Cc1cc(C(F)(F)F)cc(C(F)(F)F)c1. The first-order chi connectivity index (χ1) is 8.54. The van der Waals surface area contributed by atoms with E-state index in [0.717, 1.165) is 0 Å². The average molecular weight is 284 g/mol. The van der Waals surface area contributed by atoms with Crippen LogP contribution in [0.2, 0.25) is 0 Å². The summed E-state index contributed by atoms with van der Waals surface area (Å²) in [6.07, 6.45) is -10.2. The Balaban J connectivity index is 3.29. The van der Waals surface area contributed by atoms with Crippen LogP contribution in [-0.2, 0) is 23.6 Å². The highest BCUT2D eigenvalue weighted by Crippen LogP contribution is 2.36. The Kier molecular flexibility index (Phi) is 4.27. The number of benzene rings is 1. The molecule has 0 unspecified atom stereocenters. The molecule has 0 atom stereocenters. The van der Waals surface area contributed by atoms with Crippen LogP contribution in [0, 0.1) is 0 Å². The van der Waals surface area contributed by atoms with Crippen molar-refractivity contribution >= 4 is 5.78 Å². The minimum Gasteiger partial charge on any atom is -0.299 e. The fraction of sp³-hybridized carbons (Fsp3) is 0.417. The summed E-state index contributed by atoms with van der Waals surface area (Å²) >= 11 is 0. The third kappa shape index (κ3) is 4.25. The van der Waals surface area contributed by atoms with Crippen molar-refractivity contribution in [1.29, 1.82) is 0 Å². The Morgan fingerprint density at radius 3 is 1.68 bits per heavy atom. The highest BCUT2D eigenvalue weighted by atomic mass is 19.4. The normalized spacial score (nSPS) is 12.6. The van der Waals surface area contributed by atoms with Gasteiger partial charge in [-0.3, -0.25) is 4.79 Å². The van der Waals surface area contributed by atoms with Crippen molar-refractivity contribution in [3.8, 4) is 0 Å². The highest BCUT2D eigenvalue weighted by molar-refractivity contribution is 5.80. The van der Waals surface area contributed by atoms with Crippen LogP contribution in [-0.4, -0.2) is 5.78 Å². The van der Waals surface area contributed by atoms with E-state index in [2.05, 4.69) is 0 Å². The first-order valence-electron chi connectivity index (χ1n) is 5.34. The quantitative estimate of drug-likeness (QED) is 0.758. The molecule has 0 spiro atoms. The molecule has 0 aliphatic rings. The van der Waals surface area contributed by atoms with Crippen LogP contribution >= 0.6 is 0 Å². The van der Waals surface area contributed by atoms with E-state index < -0.39 is 35.7 Å². The van der Waals surface area contributed by atoms with E-state index in [4.69, 9.17) is 0 Å². The number of carbonyl (C=O) groups is 1. The number of hydrogen-bond donors (Lipinski definition) is 0. The number of halogens is 6. The predicted molar refractivity (Wildman–Crippen MR) is 55.4 cm³/mol. The Bertz CT molecular complexity index is 440. The second-order valence-corrected chi connectivity index (χ2v) is 3.98. The van der Waals surface area contributed by atoms with Gasteiger partial charge in [0.2, 0.25) is 0 Å². The van der Waals surface area contributed by atoms with Crippen LogP contribution < -0.4 is 0 Å². The summed E-state index contributed by atoms with van der Waals surface area (Å²) < 4.78 is 75.0. The number of alkyl halides is 6. The van der Waals surface area contributed by atoms with Crippen LogP contribution in [0.15, 0.2) is 18.2 Å². The van der Waals surface area contributed by atoms with Gasteiger partial charge in [0.05, 0.1) is 11.1 Å². The molecule has 0 heterocycles. The standard InChI is InChI=1S/C12H10F6O/c1-2-10(19)5-7-3-8(11(13,14)15)6-9(4-7)12(16,17)18/h3-4,6H,2,5H2,1H3. The molecule has 0 amide bonds. The van der Waals surface area contributed by atoms with Crippen molar-refractivity contribution in [3.63, 3.8) is 0 Å². The second kappa shape index (κ2) is 5.22. The number of hydrogen-bond acceptors (Lipinski definition) is 1. The fourth-order valence-corrected chi connectivity index (χ4v) is 1.47. The average Bonchev–Trinajstić information content (AvgIpc) is 2.26. The van der Waals surface area contributed by atoms with E-state index in [-0.39, 0.29) is 18.1 Å². The van der Waals surface area contributed by atoms with Crippen LogP contribution in [0.1, 0.15) is 30.0 Å². The molecule has 0 saturated heterocycles. The third-order valence-electron chi connectivity index (χ3n) is 2.44. The van der Waals surface area contributed by atoms with Gasteiger partial charge in [-0.05, 0) is 23.8 Å². The van der Waals surface area contributed by atoms with Gasteiger partial charge in [0.1, 0.15) is 5.78 Å². The van der Waals surface area contributed by atoms with Gasteiger partial charge in [0, 0.05) is 12.8 Å². The third-order valence-corrected chi connectivity index (χ3v) is 2.44. The molecule has 0 saturated carbocycles. The van der Waals surface area contributed by atoms with E-state index >= 15 is 0 Å². The Labute approximate surface area is 105 Å². The van der Waals surface area contributed by atoms with Gasteiger partial charge in [-0.15, -0.1) is 0 Å². The molecule has 1 nitrogen and oxygen atoms in total. The molecule has 0 aromatic heterocycles.